The van der Waals surface area contributed by atoms with Crippen LogP contribution in [0.3, 0.4) is 0 Å². The van der Waals surface area contributed by atoms with Gasteiger partial charge in [-0.25, -0.2) is 0 Å². The molecule has 0 radical (unpaired) electrons. The third-order valence-electron chi connectivity index (χ3n) is 7.44. The van der Waals surface area contributed by atoms with E-state index in [4.69, 9.17) is 4.74 Å². The number of carbonyl (C=O) groups excluding carboxylic acids is 1. The van der Waals surface area contributed by atoms with Crippen molar-refractivity contribution in [2.24, 2.45) is 0 Å². The second-order valence-electron chi connectivity index (χ2n) is 10.9. The minimum atomic E-state index is -0.150. The Bertz CT molecular complexity index is 1010. The van der Waals surface area contributed by atoms with Gasteiger partial charge in [-0.15, -0.1) is 0 Å². The molecule has 1 aliphatic rings. The molecule has 0 spiro atoms. The van der Waals surface area contributed by atoms with E-state index in [-0.39, 0.29) is 11.6 Å². The molecule has 1 aliphatic carbocycles. The summed E-state index contributed by atoms with van der Waals surface area (Å²) >= 11 is 0. The van der Waals surface area contributed by atoms with Crippen molar-refractivity contribution >= 4 is 12.5 Å². The average molecular weight is 521 g/mol. The van der Waals surface area contributed by atoms with Crippen LogP contribution in [0.1, 0.15) is 95.9 Å². The molecule has 2 aromatic rings. The summed E-state index contributed by atoms with van der Waals surface area (Å²) in [5.74, 6) is 0.943. The topological polar surface area (TPSA) is 41.6 Å². The highest BCUT2D eigenvalue weighted by atomic mass is 16.5. The first kappa shape index (κ1) is 31.6. The Morgan fingerprint density at radius 3 is 2.55 bits per heavy atom. The fourth-order valence-electron chi connectivity index (χ4n) is 5.03. The van der Waals surface area contributed by atoms with Gasteiger partial charge < -0.3 is 10.1 Å². The second kappa shape index (κ2) is 16.4. The predicted octanol–water partition coefficient (Wildman–Crippen LogP) is 7.77. The molecule has 0 heterocycles. The maximum absolute atomic E-state index is 11.4. The third kappa shape index (κ3) is 10.3. The number of aryl methyl sites for hydroxylation is 3. The van der Waals surface area contributed by atoms with Crippen molar-refractivity contribution in [3.63, 3.8) is 0 Å². The van der Waals surface area contributed by atoms with Gasteiger partial charge in [0, 0.05) is 19.1 Å². The molecular formula is C34H52N2O2. The van der Waals surface area contributed by atoms with E-state index in [1.54, 1.807) is 0 Å². The van der Waals surface area contributed by atoms with Crippen LogP contribution in [0.15, 0.2) is 48.0 Å². The molecule has 1 N–H and O–H groups in total. The Kier molecular flexibility index (Phi) is 13.6. The van der Waals surface area contributed by atoms with Crippen LogP contribution in [0.25, 0.3) is 6.08 Å². The second-order valence-corrected chi connectivity index (χ2v) is 10.9. The zero-order valence-corrected chi connectivity index (χ0v) is 25.1. The summed E-state index contributed by atoms with van der Waals surface area (Å²) in [4.78, 5) is 13.9. The SMILES string of the molecule is CC.CCCN(CC1=Cc2ccccc2CC1)CC(CCCc1ccc(OC(C)(C)CC)cc1C)NC=O. The number of amides is 1. The van der Waals surface area contributed by atoms with Crippen LogP contribution in [-0.2, 0) is 17.6 Å². The van der Waals surface area contributed by atoms with Crippen LogP contribution in [0, 0.1) is 6.92 Å². The molecule has 0 fully saturated rings. The molecule has 1 unspecified atom stereocenters. The first-order chi connectivity index (χ1) is 18.3. The fraction of sp³-hybridized carbons (Fsp3) is 0.559. The minimum absolute atomic E-state index is 0.150. The fourth-order valence-corrected chi connectivity index (χ4v) is 5.03. The first-order valence-corrected chi connectivity index (χ1v) is 14.8. The molecule has 3 rings (SSSR count). The Hall–Kier alpha value is -2.59. The lowest BCUT2D eigenvalue weighted by Gasteiger charge is -2.29. The van der Waals surface area contributed by atoms with E-state index in [1.807, 2.05) is 13.8 Å². The molecule has 1 amide bonds. The van der Waals surface area contributed by atoms with Gasteiger partial charge in [0.2, 0.25) is 6.41 Å². The molecular weight excluding hydrogens is 468 g/mol. The largest absolute Gasteiger partial charge is 0.488 e. The highest BCUT2D eigenvalue weighted by Gasteiger charge is 2.18. The number of rotatable bonds is 15. The lowest BCUT2D eigenvalue weighted by molar-refractivity contribution is -0.110. The lowest BCUT2D eigenvalue weighted by Crippen LogP contribution is -2.42. The summed E-state index contributed by atoms with van der Waals surface area (Å²) in [5.41, 5.74) is 6.80. The smallest absolute Gasteiger partial charge is 0.207 e. The molecule has 210 valence electrons. The molecule has 0 aromatic heterocycles. The van der Waals surface area contributed by atoms with Gasteiger partial charge in [-0.1, -0.05) is 69.7 Å². The number of fused-ring (bicyclic) bond motifs is 1. The van der Waals surface area contributed by atoms with Gasteiger partial charge in [0.15, 0.2) is 0 Å². The molecule has 4 heteroatoms. The van der Waals surface area contributed by atoms with Crippen LogP contribution >= 0.6 is 0 Å². The number of nitrogens with zero attached hydrogens (tertiary/aromatic N) is 1. The van der Waals surface area contributed by atoms with Crippen molar-refractivity contribution in [1.82, 2.24) is 10.2 Å². The lowest BCUT2D eigenvalue weighted by atomic mass is 9.92. The van der Waals surface area contributed by atoms with Crippen molar-refractivity contribution in [2.45, 2.75) is 105 Å². The summed E-state index contributed by atoms with van der Waals surface area (Å²) in [6, 6.07) is 15.3. The van der Waals surface area contributed by atoms with Crippen LogP contribution < -0.4 is 10.1 Å². The molecule has 2 aromatic carbocycles. The van der Waals surface area contributed by atoms with Crippen LogP contribution in [0.2, 0.25) is 0 Å². The third-order valence-corrected chi connectivity index (χ3v) is 7.44. The van der Waals surface area contributed by atoms with Crippen molar-refractivity contribution in [3.05, 3.63) is 70.3 Å². The van der Waals surface area contributed by atoms with Gasteiger partial charge in [-0.2, -0.15) is 0 Å². The van der Waals surface area contributed by atoms with Crippen molar-refractivity contribution in [3.8, 4) is 5.75 Å². The molecule has 1 atom stereocenters. The van der Waals surface area contributed by atoms with E-state index >= 15 is 0 Å². The summed E-state index contributed by atoms with van der Waals surface area (Å²) in [7, 11) is 0. The van der Waals surface area contributed by atoms with Gasteiger partial charge in [0.25, 0.3) is 0 Å². The standard InChI is InChI=1S/C32H46N2O2.C2H6/c1-6-19-34(22-26-15-16-28-11-8-9-12-29(28)21-26)23-30(33-24-35)14-10-13-27-17-18-31(20-25(27)3)36-32(4,5)7-2;1-2/h8-9,11-12,17-18,20-21,24,30H,6-7,10,13-16,19,22-23H2,1-5H3,(H,33,35);1-2H3. The molecule has 0 bridgehead atoms. The van der Waals surface area contributed by atoms with E-state index < -0.39 is 0 Å². The number of benzene rings is 2. The zero-order chi connectivity index (χ0) is 28.0. The van der Waals surface area contributed by atoms with Crippen molar-refractivity contribution < 1.29 is 9.53 Å². The normalized spacial score (nSPS) is 13.6. The van der Waals surface area contributed by atoms with Crippen LogP contribution in [-0.4, -0.2) is 42.6 Å². The summed E-state index contributed by atoms with van der Waals surface area (Å²) in [5, 5.41) is 3.10. The number of ether oxygens (including phenoxy) is 1. The van der Waals surface area contributed by atoms with E-state index in [2.05, 4.69) is 93.4 Å². The predicted molar refractivity (Wildman–Crippen MR) is 163 cm³/mol. The molecule has 0 aliphatic heterocycles. The van der Waals surface area contributed by atoms with Gasteiger partial charge in [0.1, 0.15) is 11.4 Å². The van der Waals surface area contributed by atoms with Crippen molar-refractivity contribution in [1.29, 1.82) is 0 Å². The monoisotopic (exact) mass is 520 g/mol. The highest BCUT2D eigenvalue weighted by Crippen LogP contribution is 2.26. The van der Waals surface area contributed by atoms with Gasteiger partial charge >= 0.3 is 0 Å². The zero-order valence-electron chi connectivity index (χ0n) is 25.1. The van der Waals surface area contributed by atoms with Crippen molar-refractivity contribution in [2.75, 3.05) is 19.6 Å². The summed E-state index contributed by atoms with van der Waals surface area (Å²) in [6.07, 6.45) is 10.6. The number of carbonyl (C=O) groups is 1. The Morgan fingerprint density at radius 2 is 1.87 bits per heavy atom. The maximum Gasteiger partial charge on any atom is 0.207 e. The van der Waals surface area contributed by atoms with Gasteiger partial charge in [0.05, 0.1) is 0 Å². The number of hydrogen-bond donors (Lipinski definition) is 1. The van der Waals surface area contributed by atoms with Crippen LogP contribution in [0.4, 0.5) is 0 Å². The first-order valence-electron chi connectivity index (χ1n) is 14.8. The number of hydrogen-bond acceptors (Lipinski definition) is 3. The van der Waals surface area contributed by atoms with E-state index in [0.29, 0.717) is 0 Å². The maximum atomic E-state index is 11.4. The van der Waals surface area contributed by atoms with Crippen LogP contribution in [0.5, 0.6) is 5.75 Å². The summed E-state index contributed by atoms with van der Waals surface area (Å²) < 4.78 is 6.15. The Labute approximate surface area is 232 Å². The van der Waals surface area contributed by atoms with E-state index in [0.717, 1.165) is 76.7 Å². The van der Waals surface area contributed by atoms with Gasteiger partial charge in [-0.05, 0) is 107 Å². The summed E-state index contributed by atoms with van der Waals surface area (Å²) in [6.45, 7) is 17.7. The Balaban J connectivity index is 0.00000247. The average Bonchev–Trinajstić information content (AvgIpc) is 2.91. The van der Waals surface area contributed by atoms with E-state index in [9.17, 15) is 4.79 Å². The molecule has 38 heavy (non-hydrogen) atoms. The minimum Gasteiger partial charge on any atom is -0.488 e. The molecule has 4 nitrogen and oxygen atoms in total. The number of nitrogens with one attached hydrogen (secondary N) is 1. The molecule has 0 saturated heterocycles. The Morgan fingerprint density at radius 1 is 1.11 bits per heavy atom. The van der Waals surface area contributed by atoms with Gasteiger partial charge in [-0.3, -0.25) is 9.69 Å². The highest BCUT2D eigenvalue weighted by molar-refractivity contribution is 5.59. The van der Waals surface area contributed by atoms with E-state index in [1.165, 1.54) is 27.8 Å². The molecule has 0 saturated carbocycles. The quantitative estimate of drug-likeness (QED) is 0.244.